The zero-order valence-corrected chi connectivity index (χ0v) is 16.7. The van der Waals surface area contributed by atoms with Gasteiger partial charge in [0, 0.05) is 12.1 Å². The van der Waals surface area contributed by atoms with Crippen molar-refractivity contribution in [3.05, 3.63) is 30.3 Å². The van der Waals surface area contributed by atoms with Gasteiger partial charge in [0.1, 0.15) is 11.6 Å². The second-order valence-electron chi connectivity index (χ2n) is 5.43. The third-order valence-corrected chi connectivity index (χ3v) is 4.13. The van der Waals surface area contributed by atoms with Crippen LogP contribution in [0.25, 0.3) is 0 Å². The summed E-state index contributed by atoms with van der Waals surface area (Å²) in [5, 5.41) is 2.64. The number of nitrogens with one attached hydrogen (secondary N) is 1. The van der Waals surface area contributed by atoms with Crippen LogP contribution in [-0.4, -0.2) is 46.6 Å². The summed E-state index contributed by atoms with van der Waals surface area (Å²) in [6, 6.07) is 8.18. The van der Waals surface area contributed by atoms with E-state index in [0.29, 0.717) is 46.5 Å². The van der Waals surface area contributed by atoms with Gasteiger partial charge in [-0.3, -0.25) is 14.5 Å². The first-order valence-corrected chi connectivity index (χ1v) is 8.64. The molecule has 1 N–H and O–H groups in total. The minimum Gasteiger partial charge on any atom is -0.495 e. The Balaban J connectivity index is 2.55. The van der Waals surface area contributed by atoms with Crippen molar-refractivity contribution >= 4 is 41.0 Å². The van der Waals surface area contributed by atoms with Crippen LogP contribution in [0.3, 0.4) is 0 Å². The summed E-state index contributed by atoms with van der Waals surface area (Å²) >= 11 is 5.56. The summed E-state index contributed by atoms with van der Waals surface area (Å²) in [7, 11) is 5.94. The van der Waals surface area contributed by atoms with Gasteiger partial charge >= 0.3 is 0 Å². The molecule has 0 fully saturated rings. The van der Waals surface area contributed by atoms with Crippen LogP contribution in [0.15, 0.2) is 30.3 Å². The van der Waals surface area contributed by atoms with Crippen LogP contribution < -0.4 is 29.2 Å². The molecule has 0 saturated carbocycles. The predicted octanol–water partition coefficient (Wildman–Crippen LogP) is 3.19. The fraction of sp³-hybridized carbons (Fsp3) is 0.263. The topological polar surface area (TPSA) is 86.3 Å². The highest BCUT2D eigenvalue weighted by molar-refractivity contribution is 6.29. The van der Waals surface area contributed by atoms with Crippen LogP contribution in [-0.2, 0) is 9.59 Å². The first kappa shape index (κ1) is 21.2. The molecule has 28 heavy (non-hydrogen) atoms. The molecule has 0 saturated heterocycles. The van der Waals surface area contributed by atoms with Crippen LogP contribution in [0.2, 0.25) is 0 Å². The van der Waals surface area contributed by atoms with Gasteiger partial charge in [-0.1, -0.05) is 0 Å². The summed E-state index contributed by atoms with van der Waals surface area (Å²) in [6.45, 7) is 0. The Morgan fingerprint density at radius 1 is 0.964 bits per heavy atom. The number of amides is 2. The number of carbonyl (C=O) groups is 2. The van der Waals surface area contributed by atoms with Crippen LogP contribution in [0.5, 0.6) is 23.0 Å². The first-order valence-electron chi connectivity index (χ1n) is 8.11. The normalized spacial score (nSPS) is 10.0. The number of hydrogen-bond donors (Lipinski definition) is 1. The van der Waals surface area contributed by atoms with Crippen molar-refractivity contribution in [3.8, 4) is 23.0 Å². The molecule has 0 radical (unpaired) electrons. The maximum Gasteiger partial charge on any atom is 0.239 e. The number of alkyl halides is 1. The third kappa shape index (κ3) is 4.40. The molecule has 0 aromatic heterocycles. The highest BCUT2D eigenvalue weighted by Gasteiger charge is 2.19. The lowest BCUT2D eigenvalue weighted by atomic mass is 10.2. The highest BCUT2D eigenvalue weighted by Crippen LogP contribution is 2.42. The average Bonchev–Trinajstić information content (AvgIpc) is 2.73. The standard InChI is InChI=1S/C19H21ClN2O6/c1-25-15-6-5-12(7-14(15)21-18(24)10-20)22(11-23)13-8-16(26-2)19(28-4)17(9-13)27-3/h5-9,11H,10H2,1-4H3,(H,21,24). The smallest absolute Gasteiger partial charge is 0.239 e. The Morgan fingerprint density at radius 3 is 2.04 bits per heavy atom. The number of nitrogens with zero attached hydrogens (tertiary/aromatic N) is 1. The van der Waals surface area contributed by atoms with Gasteiger partial charge in [-0.05, 0) is 18.2 Å². The molecule has 8 nitrogen and oxygen atoms in total. The summed E-state index contributed by atoms with van der Waals surface area (Å²) in [4.78, 5) is 24.9. The number of methoxy groups -OCH3 is 4. The summed E-state index contributed by atoms with van der Waals surface area (Å²) < 4.78 is 21.2. The zero-order chi connectivity index (χ0) is 20.7. The van der Waals surface area contributed by atoms with Crippen LogP contribution in [0.1, 0.15) is 0 Å². The summed E-state index contributed by atoms with van der Waals surface area (Å²) in [6.07, 6.45) is 0.635. The molecule has 0 aliphatic rings. The molecule has 150 valence electrons. The van der Waals surface area contributed by atoms with E-state index in [0.717, 1.165) is 0 Å². The number of carbonyl (C=O) groups excluding carboxylic acids is 2. The Kier molecular flexibility index (Phi) is 7.34. The van der Waals surface area contributed by atoms with Crippen molar-refractivity contribution in [1.82, 2.24) is 0 Å². The van der Waals surface area contributed by atoms with Crippen LogP contribution in [0, 0.1) is 0 Å². The molecule has 2 aromatic rings. The third-order valence-electron chi connectivity index (χ3n) is 3.89. The maximum atomic E-state index is 11.9. The Labute approximate surface area is 167 Å². The Morgan fingerprint density at radius 2 is 1.57 bits per heavy atom. The molecule has 2 aromatic carbocycles. The number of ether oxygens (including phenoxy) is 4. The van der Waals surface area contributed by atoms with Crippen molar-refractivity contribution in [2.45, 2.75) is 0 Å². The van der Waals surface area contributed by atoms with Gasteiger partial charge in [-0.25, -0.2) is 0 Å². The second kappa shape index (κ2) is 9.70. The Bertz CT molecular complexity index is 833. The quantitative estimate of drug-likeness (QED) is 0.506. The van der Waals surface area contributed by atoms with Gasteiger partial charge in [0.15, 0.2) is 11.5 Å². The van der Waals surface area contributed by atoms with E-state index in [4.69, 9.17) is 30.5 Å². The number of anilines is 3. The Hall–Kier alpha value is -3.13. The van der Waals surface area contributed by atoms with Crippen molar-refractivity contribution in [1.29, 1.82) is 0 Å². The van der Waals surface area contributed by atoms with Gasteiger partial charge in [-0.15, -0.1) is 11.6 Å². The van der Waals surface area contributed by atoms with E-state index >= 15 is 0 Å². The highest BCUT2D eigenvalue weighted by atomic mass is 35.5. The van der Waals surface area contributed by atoms with E-state index in [1.54, 1.807) is 30.3 Å². The molecule has 2 rings (SSSR count). The van der Waals surface area contributed by atoms with Crippen LogP contribution >= 0.6 is 11.6 Å². The average molecular weight is 409 g/mol. The number of halogens is 1. The lowest BCUT2D eigenvalue weighted by Gasteiger charge is -2.22. The fourth-order valence-corrected chi connectivity index (χ4v) is 2.67. The SMILES string of the molecule is COc1ccc(N(C=O)c2cc(OC)c(OC)c(OC)c2)cc1NC(=O)CCl. The van der Waals surface area contributed by atoms with Gasteiger partial charge in [0.2, 0.25) is 18.1 Å². The van der Waals surface area contributed by atoms with Crippen molar-refractivity contribution in [3.63, 3.8) is 0 Å². The zero-order valence-electron chi connectivity index (χ0n) is 15.9. The molecule has 2 amide bonds. The minimum absolute atomic E-state index is 0.211. The van der Waals surface area contributed by atoms with Gasteiger partial charge in [0.05, 0.1) is 45.5 Å². The number of benzene rings is 2. The van der Waals surface area contributed by atoms with E-state index < -0.39 is 5.91 Å². The molecule has 0 aliphatic carbocycles. The van der Waals surface area contributed by atoms with Crippen molar-refractivity contribution in [2.75, 3.05) is 44.5 Å². The predicted molar refractivity (Wildman–Crippen MR) is 107 cm³/mol. The van der Waals surface area contributed by atoms with E-state index in [1.165, 1.54) is 33.3 Å². The number of hydrogen-bond acceptors (Lipinski definition) is 6. The first-order chi connectivity index (χ1) is 13.5. The molecule has 9 heteroatoms. The van der Waals surface area contributed by atoms with E-state index in [-0.39, 0.29) is 5.88 Å². The van der Waals surface area contributed by atoms with Gasteiger partial charge in [-0.2, -0.15) is 0 Å². The molecule has 0 unspecified atom stereocenters. The molecule has 0 bridgehead atoms. The maximum absolute atomic E-state index is 11.9. The molecular formula is C19H21ClN2O6. The van der Waals surface area contributed by atoms with Gasteiger partial charge in [0.25, 0.3) is 0 Å². The van der Waals surface area contributed by atoms with Crippen molar-refractivity contribution < 1.29 is 28.5 Å². The largest absolute Gasteiger partial charge is 0.495 e. The molecule has 0 atom stereocenters. The lowest BCUT2D eigenvalue weighted by Crippen LogP contribution is -2.17. The second-order valence-corrected chi connectivity index (χ2v) is 5.69. The minimum atomic E-state index is -0.400. The van der Waals surface area contributed by atoms with E-state index in [9.17, 15) is 9.59 Å². The molecule has 0 aliphatic heterocycles. The summed E-state index contributed by atoms with van der Waals surface area (Å²) in [5.74, 6) is 1.02. The number of rotatable bonds is 9. The fourth-order valence-electron chi connectivity index (χ4n) is 2.60. The van der Waals surface area contributed by atoms with Crippen molar-refractivity contribution in [2.24, 2.45) is 0 Å². The van der Waals surface area contributed by atoms with Gasteiger partial charge < -0.3 is 24.3 Å². The lowest BCUT2D eigenvalue weighted by molar-refractivity contribution is -0.114. The molecule has 0 heterocycles. The molecular weight excluding hydrogens is 388 g/mol. The monoisotopic (exact) mass is 408 g/mol. The van der Waals surface area contributed by atoms with E-state index in [2.05, 4.69) is 5.32 Å². The van der Waals surface area contributed by atoms with Crippen LogP contribution in [0.4, 0.5) is 17.1 Å². The van der Waals surface area contributed by atoms with E-state index in [1.807, 2.05) is 0 Å². The summed E-state index contributed by atoms with van der Waals surface area (Å²) in [5.41, 5.74) is 1.34. The molecule has 0 spiro atoms.